The van der Waals surface area contributed by atoms with Crippen LogP contribution in [0.15, 0.2) is 28.8 Å². The molecule has 2 aromatic heterocycles. The lowest BCUT2D eigenvalue weighted by Gasteiger charge is -2.06. The summed E-state index contributed by atoms with van der Waals surface area (Å²) in [6.45, 7) is 6.40. The first-order valence-corrected chi connectivity index (χ1v) is 8.37. The predicted molar refractivity (Wildman–Crippen MR) is 92.1 cm³/mol. The number of carbonyl (C=O) groups is 1. The first-order valence-electron chi connectivity index (χ1n) is 8.37. The van der Waals surface area contributed by atoms with Crippen LogP contribution in [0.1, 0.15) is 41.7 Å². The summed E-state index contributed by atoms with van der Waals surface area (Å²) in [7, 11) is 0. The Hall–Kier alpha value is -3.23. The molecule has 2 heterocycles. The maximum absolute atomic E-state index is 12.4. The highest BCUT2D eigenvalue weighted by Crippen LogP contribution is 2.17. The van der Waals surface area contributed by atoms with Gasteiger partial charge in [0.05, 0.1) is 24.5 Å². The molecule has 0 unspecified atom stereocenters. The molecule has 0 fully saturated rings. The number of ether oxygens (including phenoxy) is 1. The van der Waals surface area contributed by atoms with Gasteiger partial charge in [-0.15, -0.1) is 5.10 Å². The van der Waals surface area contributed by atoms with E-state index < -0.39 is 0 Å². The van der Waals surface area contributed by atoms with Crippen molar-refractivity contribution in [1.29, 1.82) is 0 Å². The monoisotopic (exact) mass is 356 g/mol. The van der Waals surface area contributed by atoms with E-state index in [9.17, 15) is 4.79 Å². The fourth-order valence-corrected chi connectivity index (χ4v) is 2.38. The van der Waals surface area contributed by atoms with Crippen LogP contribution in [0.3, 0.4) is 0 Å². The number of carbonyl (C=O) groups excluding carboxylic acids is 1. The van der Waals surface area contributed by atoms with Crippen LogP contribution in [0.25, 0.3) is 5.69 Å². The number of aromatic nitrogens is 5. The van der Waals surface area contributed by atoms with E-state index in [1.165, 1.54) is 0 Å². The SMILES string of the molecule is CCOc1ccc(-n2nnc(C(=O)NCc3noc(CC)n3)c2C)cc1. The summed E-state index contributed by atoms with van der Waals surface area (Å²) in [6.07, 6.45) is 0.649. The summed E-state index contributed by atoms with van der Waals surface area (Å²) in [5.41, 5.74) is 1.68. The van der Waals surface area contributed by atoms with E-state index in [1.54, 1.807) is 11.6 Å². The van der Waals surface area contributed by atoms with Gasteiger partial charge in [-0.2, -0.15) is 4.98 Å². The fraction of sp³-hybridized carbons (Fsp3) is 0.353. The third kappa shape index (κ3) is 3.71. The Balaban J connectivity index is 1.70. The van der Waals surface area contributed by atoms with Crippen molar-refractivity contribution >= 4 is 5.91 Å². The molecular weight excluding hydrogens is 336 g/mol. The van der Waals surface area contributed by atoms with Gasteiger partial charge in [0.25, 0.3) is 5.91 Å². The average Bonchev–Trinajstić information content (AvgIpc) is 3.27. The predicted octanol–water partition coefficient (Wildman–Crippen LogP) is 1.85. The Labute approximate surface area is 150 Å². The van der Waals surface area contributed by atoms with E-state index in [1.807, 2.05) is 38.1 Å². The van der Waals surface area contributed by atoms with Gasteiger partial charge in [-0.3, -0.25) is 4.79 Å². The Kier molecular flexibility index (Phi) is 5.26. The topological polar surface area (TPSA) is 108 Å². The smallest absolute Gasteiger partial charge is 0.274 e. The fourth-order valence-electron chi connectivity index (χ4n) is 2.38. The van der Waals surface area contributed by atoms with Crippen molar-refractivity contribution in [2.75, 3.05) is 6.61 Å². The van der Waals surface area contributed by atoms with E-state index >= 15 is 0 Å². The van der Waals surface area contributed by atoms with Gasteiger partial charge in [0.15, 0.2) is 11.5 Å². The molecule has 136 valence electrons. The summed E-state index contributed by atoms with van der Waals surface area (Å²) < 4.78 is 12.0. The van der Waals surface area contributed by atoms with Crippen LogP contribution in [0.2, 0.25) is 0 Å². The molecular formula is C17H20N6O3. The number of rotatable bonds is 7. The molecule has 0 saturated heterocycles. The number of nitrogens with one attached hydrogen (secondary N) is 1. The zero-order valence-electron chi connectivity index (χ0n) is 14.9. The Bertz CT molecular complexity index is 884. The first kappa shape index (κ1) is 17.6. The van der Waals surface area contributed by atoms with Gasteiger partial charge in [-0.05, 0) is 38.1 Å². The molecule has 3 aromatic rings. The second-order valence-corrected chi connectivity index (χ2v) is 5.50. The van der Waals surface area contributed by atoms with Gasteiger partial charge < -0.3 is 14.6 Å². The van der Waals surface area contributed by atoms with Gasteiger partial charge in [0.2, 0.25) is 5.89 Å². The third-order valence-corrected chi connectivity index (χ3v) is 3.72. The average molecular weight is 356 g/mol. The van der Waals surface area contributed by atoms with Gasteiger partial charge in [0, 0.05) is 6.42 Å². The van der Waals surface area contributed by atoms with Crippen molar-refractivity contribution in [3.63, 3.8) is 0 Å². The largest absolute Gasteiger partial charge is 0.494 e. The molecule has 0 aliphatic rings. The lowest BCUT2D eigenvalue weighted by Crippen LogP contribution is -2.24. The van der Waals surface area contributed by atoms with E-state index in [4.69, 9.17) is 9.26 Å². The second kappa shape index (κ2) is 7.77. The van der Waals surface area contributed by atoms with E-state index in [0.717, 1.165) is 11.4 Å². The van der Waals surface area contributed by atoms with E-state index in [2.05, 4.69) is 25.8 Å². The molecule has 0 spiro atoms. The Morgan fingerprint density at radius 1 is 1.27 bits per heavy atom. The van der Waals surface area contributed by atoms with E-state index in [-0.39, 0.29) is 18.1 Å². The molecule has 1 aromatic carbocycles. The van der Waals surface area contributed by atoms with Crippen molar-refractivity contribution in [3.8, 4) is 11.4 Å². The van der Waals surface area contributed by atoms with Crippen LogP contribution in [0.4, 0.5) is 0 Å². The van der Waals surface area contributed by atoms with Gasteiger partial charge in [-0.1, -0.05) is 17.3 Å². The van der Waals surface area contributed by atoms with Crippen molar-refractivity contribution in [2.45, 2.75) is 33.7 Å². The summed E-state index contributed by atoms with van der Waals surface area (Å²) in [4.78, 5) is 16.5. The standard InChI is InChI=1S/C17H20N6O3/c1-4-15-19-14(21-26-15)10-18-17(24)16-11(3)23(22-20-16)12-6-8-13(9-7-12)25-5-2/h6-9H,4-5,10H2,1-3H3,(H,18,24). The molecule has 9 heteroatoms. The highest BCUT2D eigenvalue weighted by molar-refractivity contribution is 5.93. The van der Waals surface area contributed by atoms with Crippen LogP contribution in [-0.2, 0) is 13.0 Å². The van der Waals surface area contributed by atoms with Crippen molar-refractivity contribution in [2.24, 2.45) is 0 Å². The van der Waals surface area contributed by atoms with Crippen LogP contribution in [-0.4, -0.2) is 37.6 Å². The zero-order valence-corrected chi connectivity index (χ0v) is 14.9. The van der Waals surface area contributed by atoms with Crippen molar-refractivity contribution in [1.82, 2.24) is 30.5 Å². The first-order chi connectivity index (χ1) is 12.6. The van der Waals surface area contributed by atoms with Crippen LogP contribution >= 0.6 is 0 Å². The number of amides is 1. The van der Waals surface area contributed by atoms with Crippen LogP contribution < -0.4 is 10.1 Å². The minimum absolute atomic E-state index is 0.164. The second-order valence-electron chi connectivity index (χ2n) is 5.50. The molecule has 0 bridgehead atoms. The molecule has 0 radical (unpaired) electrons. The third-order valence-electron chi connectivity index (χ3n) is 3.72. The molecule has 26 heavy (non-hydrogen) atoms. The molecule has 1 amide bonds. The molecule has 0 atom stereocenters. The highest BCUT2D eigenvalue weighted by Gasteiger charge is 2.18. The van der Waals surface area contributed by atoms with Crippen LogP contribution in [0.5, 0.6) is 5.75 Å². The van der Waals surface area contributed by atoms with E-state index in [0.29, 0.717) is 30.4 Å². The molecule has 0 saturated carbocycles. The van der Waals surface area contributed by atoms with Gasteiger partial charge in [0.1, 0.15) is 5.75 Å². The maximum atomic E-state index is 12.4. The number of benzene rings is 1. The number of aryl methyl sites for hydroxylation is 1. The minimum atomic E-state index is -0.345. The highest BCUT2D eigenvalue weighted by atomic mass is 16.5. The quantitative estimate of drug-likeness (QED) is 0.688. The van der Waals surface area contributed by atoms with Crippen molar-refractivity contribution < 1.29 is 14.1 Å². The van der Waals surface area contributed by atoms with Crippen LogP contribution in [0, 0.1) is 6.92 Å². The Morgan fingerprint density at radius 3 is 2.69 bits per heavy atom. The lowest BCUT2D eigenvalue weighted by molar-refractivity contribution is 0.0944. The van der Waals surface area contributed by atoms with Crippen molar-refractivity contribution in [3.05, 3.63) is 47.4 Å². The summed E-state index contributed by atoms with van der Waals surface area (Å²) in [5.74, 6) is 1.39. The molecule has 1 N–H and O–H groups in total. The molecule has 9 nitrogen and oxygen atoms in total. The molecule has 0 aliphatic heterocycles. The summed E-state index contributed by atoms with van der Waals surface area (Å²) in [5, 5.41) is 14.6. The van der Waals surface area contributed by atoms with Gasteiger partial charge >= 0.3 is 0 Å². The number of nitrogens with zero attached hydrogens (tertiary/aromatic N) is 5. The maximum Gasteiger partial charge on any atom is 0.274 e. The summed E-state index contributed by atoms with van der Waals surface area (Å²) >= 11 is 0. The zero-order chi connectivity index (χ0) is 18.5. The summed E-state index contributed by atoms with van der Waals surface area (Å²) in [6, 6.07) is 7.42. The number of hydrogen-bond donors (Lipinski definition) is 1. The lowest BCUT2D eigenvalue weighted by atomic mass is 10.2. The minimum Gasteiger partial charge on any atom is -0.494 e. The molecule has 3 rings (SSSR count). The molecule has 0 aliphatic carbocycles. The number of hydrogen-bond acceptors (Lipinski definition) is 7. The normalized spacial score (nSPS) is 10.7. The van der Waals surface area contributed by atoms with Gasteiger partial charge in [-0.25, -0.2) is 4.68 Å². The Morgan fingerprint density at radius 2 is 2.04 bits per heavy atom.